The van der Waals surface area contributed by atoms with Crippen LogP contribution < -0.4 is 10.6 Å². The van der Waals surface area contributed by atoms with E-state index in [0.29, 0.717) is 5.69 Å². The fourth-order valence-corrected chi connectivity index (χ4v) is 2.64. The van der Waals surface area contributed by atoms with Gasteiger partial charge in [-0.25, -0.2) is 9.59 Å². The standard InChI is InChI=1S/C20H15ClN2O3/c21-15-8-11-18(17(12-15)19(24)25)23-20(26)22-16-9-6-14(7-10-16)13-4-2-1-3-5-13/h1-12H,(H,24,25)(H2,22,23,26). The highest BCUT2D eigenvalue weighted by molar-refractivity contribution is 6.31. The van der Waals surface area contributed by atoms with Gasteiger partial charge in [-0.2, -0.15) is 0 Å². The maximum Gasteiger partial charge on any atom is 0.337 e. The minimum Gasteiger partial charge on any atom is -0.478 e. The predicted molar refractivity (Wildman–Crippen MR) is 103 cm³/mol. The van der Waals surface area contributed by atoms with Crippen LogP contribution in [0, 0.1) is 0 Å². The third-order valence-electron chi connectivity index (χ3n) is 3.71. The fraction of sp³-hybridized carbons (Fsp3) is 0. The summed E-state index contributed by atoms with van der Waals surface area (Å²) in [6.45, 7) is 0. The molecule has 0 aliphatic carbocycles. The van der Waals surface area contributed by atoms with Crippen molar-refractivity contribution in [2.75, 3.05) is 10.6 Å². The van der Waals surface area contributed by atoms with E-state index in [1.807, 2.05) is 42.5 Å². The van der Waals surface area contributed by atoms with Gasteiger partial charge in [-0.15, -0.1) is 0 Å². The Morgan fingerprint density at radius 2 is 1.46 bits per heavy atom. The number of nitrogens with one attached hydrogen (secondary N) is 2. The SMILES string of the molecule is O=C(Nc1ccc(-c2ccccc2)cc1)Nc1ccc(Cl)cc1C(=O)O. The summed E-state index contributed by atoms with van der Waals surface area (Å²) in [6, 6.07) is 20.9. The quantitative estimate of drug-likeness (QED) is 0.582. The van der Waals surface area contributed by atoms with E-state index >= 15 is 0 Å². The van der Waals surface area contributed by atoms with Gasteiger partial charge in [-0.1, -0.05) is 54.1 Å². The van der Waals surface area contributed by atoms with Crippen molar-refractivity contribution in [1.82, 2.24) is 0 Å². The molecule has 3 aromatic rings. The highest BCUT2D eigenvalue weighted by atomic mass is 35.5. The van der Waals surface area contributed by atoms with Crippen LogP contribution >= 0.6 is 11.6 Å². The Bertz CT molecular complexity index is 941. The van der Waals surface area contributed by atoms with Crippen LogP contribution in [0.2, 0.25) is 5.02 Å². The first-order chi connectivity index (χ1) is 12.5. The Morgan fingerprint density at radius 3 is 2.12 bits per heavy atom. The van der Waals surface area contributed by atoms with E-state index in [4.69, 9.17) is 11.6 Å². The van der Waals surface area contributed by atoms with E-state index < -0.39 is 12.0 Å². The topological polar surface area (TPSA) is 78.4 Å². The van der Waals surface area contributed by atoms with Gasteiger partial charge in [0.15, 0.2) is 0 Å². The maximum atomic E-state index is 12.1. The summed E-state index contributed by atoms with van der Waals surface area (Å²) in [4.78, 5) is 23.4. The molecule has 0 unspecified atom stereocenters. The van der Waals surface area contributed by atoms with Gasteiger partial charge in [0.25, 0.3) is 0 Å². The first-order valence-electron chi connectivity index (χ1n) is 7.79. The second kappa shape index (κ2) is 7.72. The summed E-state index contributed by atoms with van der Waals surface area (Å²) in [6.07, 6.45) is 0. The minimum absolute atomic E-state index is 0.0768. The number of hydrogen-bond acceptors (Lipinski definition) is 2. The lowest BCUT2D eigenvalue weighted by Gasteiger charge is -2.11. The van der Waals surface area contributed by atoms with Gasteiger partial charge in [0.05, 0.1) is 11.3 Å². The Balaban J connectivity index is 1.70. The summed E-state index contributed by atoms with van der Waals surface area (Å²) in [5.74, 6) is -1.17. The molecular formula is C20H15ClN2O3. The van der Waals surface area contributed by atoms with Crippen molar-refractivity contribution in [3.8, 4) is 11.1 Å². The molecule has 5 nitrogen and oxygen atoms in total. The lowest BCUT2D eigenvalue weighted by molar-refractivity contribution is 0.0698. The highest BCUT2D eigenvalue weighted by Crippen LogP contribution is 2.23. The van der Waals surface area contributed by atoms with E-state index in [9.17, 15) is 14.7 Å². The average Bonchev–Trinajstić information content (AvgIpc) is 2.64. The van der Waals surface area contributed by atoms with Crippen LogP contribution in [0.3, 0.4) is 0 Å². The van der Waals surface area contributed by atoms with Gasteiger partial charge in [0.2, 0.25) is 0 Å². The van der Waals surface area contributed by atoms with Crippen LogP contribution in [0.4, 0.5) is 16.2 Å². The van der Waals surface area contributed by atoms with Crippen molar-refractivity contribution >= 4 is 35.0 Å². The number of halogens is 1. The number of amides is 2. The number of carbonyl (C=O) groups is 2. The number of carboxylic acids is 1. The lowest BCUT2D eigenvalue weighted by atomic mass is 10.1. The molecule has 3 N–H and O–H groups in total. The summed E-state index contributed by atoms with van der Waals surface area (Å²) < 4.78 is 0. The molecule has 2 amide bonds. The molecule has 130 valence electrons. The normalized spacial score (nSPS) is 10.2. The summed E-state index contributed by atoms with van der Waals surface area (Å²) >= 11 is 5.80. The van der Waals surface area contributed by atoms with Crippen molar-refractivity contribution in [2.45, 2.75) is 0 Å². The largest absolute Gasteiger partial charge is 0.478 e. The predicted octanol–water partition coefficient (Wildman–Crippen LogP) is 5.35. The molecule has 0 aliphatic heterocycles. The van der Waals surface area contributed by atoms with E-state index in [-0.39, 0.29) is 16.3 Å². The molecule has 3 rings (SSSR count). The summed E-state index contributed by atoms with van der Waals surface area (Å²) in [5, 5.41) is 14.7. The third-order valence-corrected chi connectivity index (χ3v) is 3.95. The van der Waals surface area contributed by atoms with Crippen LogP contribution in [0.1, 0.15) is 10.4 Å². The van der Waals surface area contributed by atoms with Crippen LogP contribution in [-0.2, 0) is 0 Å². The van der Waals surface area contributed by atoms with E-state index in [0.717, 1.165) is 11.1 Å². The number of anilines is 2. The van der Waals surface area contributed by atoms with Gasteiger partial charge in [0.1, 0.15) is 0 Å². The second-order valence-electron chi connectivity index (χ2n) is 5.52. The zero-order chi connectivity index (χ0) is 18.5. The maximum absolute atomic E-state index is 12.1. The van der Waals surface area contributed by atoms with Crippen molar-refractivity contribution in [2.24, 2.45) is 0 Å². The number of benzene rings is 3. The molecule has 0 fully saturated rings. The van der Waals surface area contributed by atoms with Gasteiger partial charge >= 0.3 is 12.0 Å². The number of carboxylic acid groups (broad SMARTS) is 1. The summed E-state index contributed by atoms with van der Waals surface area (Å²) in [7, 11) is 0. The Labute approximate surface area is 155 Å². The van der Waals surface area contributed by atoms with E-state index in [1.165, 1.54) is 18.2 Å². The number of rotatable bonds is 4. The smallest absolute Gasteiger partial charge is 0.337 e. The van der Waals surface area contributed by atoms with Crippen molar-refractivity contribution in [3.63, 3.8) is 0 Å². The number of urea groups is 1. The van der Waals surface area contributed by atoms with Crippen LogP contribution in [0.15, 0.2) is 72.8 Å². The van der Waals surface area contributed by atoms with Crippen molar-refractivity contribution in [3.05, 3.63) is 83.4 Å². The van der Waals surface area contributed by atoms with Crippen LogP contribution in [0.25, 0.3) is 11.1 Å². The summed E-state index contributed by atoms with van der Waals surface area (Å²) in [5.41, 5.74) is 2.79. The van der Waals surface area contributed by atoms with E-state index in [2.05, 4.69) is 10.6 Å². The number of carbonyl (C=O) groups excluding carboxylic acids is 1. The molecule has 6 heteroatoms. The molecule has 0 aromatic heterocycles. The zero-order valence-electron chi connectivity index (χ0n) is 13.6. The monoisotopic (exact) mass is 366 g/mol. The fourth-order valence-electron chi connectivity index (χ4n) is 2.46. The molecule has 0 saturated carbocycles. The average molecular weight is 367 g/mol. The van der Waals surface area contributed by atoms with Gasteiger partial charge < -0.3 is 15.7 Å². The van der Waals surface area contributed by atoms with Gasteiger partial charge in [0, 0.05) is 10.7 Å². The molecule has 0 aliphatic rings. The van der Waals surface area contributed by atoms with E-state index in [1.54, 1.807) is 12.1 Å². The Kier molecular flexibility index (Phi) is 5.20. The number of aromatic carboxylic acids is 1. The second-order valence-corrected chi connectivity index (χ2v) is 5.95. The highest BCUT2D eigenvalue weighted by Gasteiger charge is 2.13. The van der Waals surface area contributed by atoms with Crippen molar-refractivity contribution in [1.29, 1.82) is 0 Å². The van der Waals surface area contributed by atoms with Gasteiger partial charge in [-0.05, 0) is 41.5 Å². The minimum atomic E-state index is -1.17. The number of hydrogen-bond donors (Lipinski definition) is 3. The van der Waals surface area contributed by atoms with Crippen LogP contribution in [-0.4, -0.2) is 17.1 Å². The molecular weight excluding hydrogens is 352 g/mol. The Morgan fingerprint density at radius 1 is 0.808 bits per heavy atom. The molecule has 0 bridgehead atoms. The third kappa shape index (κ3) is 4.20. The molecule has 0 saturated heterocycles. The Hall–Kier alpha value is -3.31. The molecule has 0 atom stereocenters. The van der Waals surface area contributed by atoms with Crippen molar-refractivity contribution < 1.29 is 14.7 Å². The van der Waals surface area contributed by atoms with Crippen LogP contribution in [0.5, 0.6) is 0 Å². The molecule has 3 aromatic carbocycles. The molecule has 0 heterocycles. The first-order valence-corrected chi connectivity index (χ1v) is 8.17. The lowest BCUT2D eigenvalue weighted by Crippen LogP contribution is -2.21. The molecule has 26 heavy (non-hydrogen) atoms. The molecule has 0 spiro atoms. The zero-order valence-corrected chi connectivity index (χ0v) is 14.3. The van der Waals surface area contributed by atoms with Gasteiger partial charge in [-0.3, -0.25) is 0 Å². The molecule has 0 radical (unpaired) electrons. The first kappa shape index (κ1) is 17.5.